The molecule has 3 aliphatic heterocycles. The number of carbonyl (C=O) groups excluding carboxylic acids is 5. The van der Waals surface area contributed by atoms with Gasteiger partial charge in [0.2, 0.25) is 5.78 Å². The fourth-order valence-corrected chi connectivity index (χ4v) is 12.7. The first-order valence-corrected chi connectivity index (χ1v) is 23.5. The van der Waals surface area contributed by atoms with E-state index in [2.05, 4.69) is 12.2 Å². The molecule has 7 aliphatic rings. The van der Waals surface area contributed by atoms with Crippen molar-refractivity contribution in [3.05, 3.63) is 63.6 Å². The number of Topliss-reactive ketones (excluding diaryl/α,β-unsaturated/α-hetero) is 1. The second-order valence-electron chi connectivity index (χ2n) is 20.5. The Morgan fingerprint density at radius 1 is 0.956 bits per heavy atom. The van der Waals surface area contributed by atoms with Crippen molar-refractivity contribution < 1.29 is 77.7 Å². The number of hydrogen-bond acceptors (Lipinski definition) is 18. The van der Waals surface area contributed by atoms with Crippen LogP contribution in [0, 0.1) is 46.1 Å². The van der Waals surface area contributed by atoms with Gasteiger partial charge in [-0.2, -0.15) is 0 Å². The molecule has 0 aromatic heterocycles. The molecule has 376 valence electrons. The number of ketones is 1. The number of alkyl carbamates (subject to hydrolysis) is 1. The molecule has 0 radical (unpaired) electrons. The highest BCUT2D eigenvalue weighted by molar-refractivity contribution is 6.26. The third-order valence-corrected chi connectivity index (χ3v) is 16.0. The molecule has 19 nitrogen and oxygen atoms in total. The molecule has 4 fully saturated rings. The minimum atomic E-state index is -2.15. The highest BCUT2D eigenvalue weighted by atomic mass is 16.8. The minimum Gasteiger partial charge on any atom is -0.762 e. The number of aliphatic hydroxyl groups excluding tert-OH is 3. The van der Waals surface area contributed by atoms with Crippen molar-refractivity contribution in [2.75, 3.05) is 7.11 Å². The molecule has 7 rings (SSSR count). The van der Waals surface area contributed by atoms with Crippen LogP contribution >= 0.6 is 0 Å². The maximum atomic E-state index is 15.2. The number of hydrogen-bond donors (Lipinski definition) is 5. The van der Waals surface area contributed by atoms with E-state index in [4.69, 9.17) is 33.2 Å². The molecule has 0 unspecified atom stereocenters. The van der Waals surface area contributed by atoms with E-state index < -0.39 is 143 Å². The monoisotopic (exact) mass is 955 g/mol. The first-order chi connectivity index (χ1) is 31.9. The van der Waals surface area contributed by atoms with Crippen molar-refractivity contribution in [3.8, 4) is 0 Å². The molecule has 1 saturated carbocycles. The lowest BCUT2D eigenvalue weighted by Crippen LogP contribution is -2.67. The summed E-state index contributed by atoms with van der Waals surface area (Å²) in [5.74, 6) is -6.07. The molecular formula is C49H67N2O17-. The predicted molar refractivity (Wildman–Crippen MR) is 238 cm³/mol. The number of aliphatic hydroxyl groups is 3. The maximum Gasteiger partial charge on any atom is 0.407 e. The molecule has 5 N–H and O–H groups in total. The fraction of sp³-hybridized carbons (Fsp3) is 0.694. The van der Waals surface area contributed by atoms with Crippen molar-refractivity contribution >= 4 is 30.1 Å². The van der Waals surface area contributed by atoms with Gasteiger partial charge >= 0.3 is 18.0 Å². The zero-order valence-electron chi connectivity index (χ0n) is 40.3. The summed E-state index contributed by atoms with van der Waals surface area (Å²) in [6.45, 7) is 15.5. The van der Waals surface area contributed by atoms with E-state index in [1.807, 2.05) is 39.0 Å². The van der Waals surface area contributed by atoms with Crippen LogP contribution in [0.5, 0.6) is 0 Å². The topological polar surface area (TPSA) is 269 Å². The van der Waals surface area contributed by atoms with Crippen LogP contribution in [0.2, 0.25) is 0 Å². The number of esters is 2. The second-order valence-corrected chi connectivity index (χ2v) is 20.5. The van der Waals surface area contributed by atoms with Gasteiger partial charge in [-0.25, -0.2) is 9.59 Å². The molecule has 2 bridgehead atoms. The Bertz CT molecular complexity index is 2160. The number of nitrogens with zero attached hydrogens (tertiary/aromatic N) is 1. The number of rotatable bonds is 8. The van der Waals surface area contributed by atoms with Gasteiger partial charge in [-0.05, 0) is 82.4 Å². The molecule has 0 aromatic rings. The van der Waals surface area contributed by atoms with Crippen LogP contribution in [0.25, 0.3) is 0 Å². The summed E-state index contributed by atoms with van der Waals surface area (Å²) in [6.07, 6.45) is 0.0340. The van der Waals surface area contributed by atoms with Crippen molar-refractivity contribution in [1.29, 1.82) is 0 Å². The number of carbonyl (C=O) groups is 5. The SMILES string of the molecule is COC(=O)N[C@H]1[C@H](C)O[C@H](O[C@H]2C/C=C(\C)[C@@H]3C=C[C@@H]4[C@H](O[C@@H]5C[C@H](O)[C@@H](OC(C)=O)[C@H](C)O5)[C@H](C)C[C@@H](C)[C@H]4[C@]3(C)C(O)=C3C(=O)O[C@@]4(CC(C=O)=C[C@H](O)[C@H]4/C=C/2C)C3=O)C[C@]1(C)N([O-])O. The lowest BCUT2D eigenvalue weighted by molar-refractivity contribution is -0.280. The predicted octanol–water partition coefficient (Wildman–Crippen LogP) is 4.57. The van der Waals surface area contributed by atoms with Gasteiger partial charge in [0.05, 0.1) is 61.2 Å². The van der Waals surface area contributed by atoms with Gasteiger partial charge in [0.25, 0.3) is 0 Å². The summed E-state index contributed by atoms with van der Waals surface area (Å²) in [6, 6.07) is -1.04. The third-order valence-electron chi connectivity index (χ3n) is 16.0. The lowest BCUT2D eigenvalue weighted by Gasteiger charge is -2.56. The van der Waals surface area contributed by atoms with Crippen molar-refractivity contribution in [3.63, 3.8) is 0 Å². The normalized spacial score (nSPS) is 45.5. The Labute approximate surface area is 396 Å². The van der Waals surface area contributed by atoms with Crippen LogP contribution in [-0.4, -0.2) is 135 Å². The molecule has 1 amide bonds. The van der Waals surface area contributed by atoms with Gasteiger partial charge in [-0.1, -0.05) is 50.6 Å². The van der Waals surface area contributed by atoms with Crippen molar-refractivity contribution in [2.45, 2.75) is 167 Å². The Hall–Kier alpha value is -4.31. The summed E-state index contributed by atoms with van der Waals surface area (Å²) in [4.78, 5) is 66.1. The second kappa shape index (κ2) is 19.5. The lowest BCUT2D eigenvalue weighted by atomic mass is 9.49. The number of hydroxylamine groups is 2. The quantitative estimate of drug-likeness (QED) is 0.0557. The average molecular weight is 956 g/mol. The number of methoxy groups -OCH3 is 1. The standard InChI is InChI=1S/C49H67N2O17/c1-22-11-14-35(66-37-20-47(8,51(60)61)42(27(6)64-37)50-46(59)62-10)23(2)16-32-33(54)17-29(21-52)19-49(32)44(57)38(45(58)68-49)43(56)48(9)31(22)13-12-30-39(48)24(3)15-25(4)40(30)67-36-18-34(55)41(26(5)63-36)65-28(7)53/h11-13,16-17,21,24-27,30-37,39-42,54-56,60H,14-15,18-20H2,1-10H3,(H,50,59)/q-1/b22-11+,23-16+,43-38?/t24-,25-,26+,27+,30+,31+,32-,33+,34+,35+,36-,37-,39-,40-,41+,42+,47+,48-,49-/m1/s1. The van der Waals surface area contributed by atoms with Gasteiger partial charge in [0.1, 0.15) is 17.6 Å². The smallest absolute Gasteiger partial charge is 0.407 e. The molecule has 19 atom stereocenters. The Balaban J connectivity index is 1.33. The average Bonchev–Trinajstić information content (AvgIpc) is 3.50. The van der Waals surface area contributed by atoms with Gasteiger partial charge in [0, 0.05) is 43.4 Å². The summed E-state index contributed by atoms with van der Waals surface area (Å²) in [7, 11) is 1.16. The van der Waals surface area contributed by atoms with E-state index in [1.54, 1.807) is 26.8 Å². The van der Waals surface area contributed by atoms with Crippen LogP contribution in [0.1, 0.15) is 94.4 Å². The zero-order valence-corrected chi connectivity index (χ0v) is 40.3. The van der Waals surface area contributed by atoms with Crippen molar-refractivity contribution in [1.82, 2.24) is 10.5 Å². The number of nitrogens with one attached hydrogen (secondary N) is 1. The maximum absolute atomic E-state index is 15.2. The molecule has 19 heteroatoms. The Kier molecular flexibility index (Phi) is 14.8. The van der Waals surface area contributed by atoms with Crippen LogP contribution in [0.4, 0.5) is 4.79 Å². The summed E-state index contributed by atoms with van der Waals surface area (Å²) in [5.41, 5.74) is -4.56. The number of ether oxygens (including phenoxy) is 7. The van der Waals surface area contributed by atoms with E-state index in [-0.39, 0.29) is 41.9 Å². The van der Waals surface area contributed by atoms with E-state index >= 15 is 4.79 Å². The number of amides is 1. The number of allylic oxidation sites excluding steroid dienone is 3. The largest absolute Gasteiger partial charge is 0.762 e. The molecule has 0 aromatic carbocycles. The molecular weight excluding hydrogens is 889 g/mol. The van der Waals surface area contributed by atoms with Gasteiger partial charge in [0.15, 0.2) is 24.3 Å². The van der Waals surface area contributed by atoms with Crippen LogP contribution in [-0.2, 0) is 52.3 Å². The molecule has 3 saturated heterocycles. The summed E-state index contributed by atoms with van der Waals surface area (Å²) in [5, 5.41) is 61.3. The van der Waals surface area contributed by atoms with Crippen molar-refractivity contribution in [2.24, 2.45) is 40.9 Å². The Morgan fingerprint density at radius 3 is 2.28 bits per heavy atom. The highest BCUT2D eigenvalue weighted by Crippen LogP contribution is 2.61. The fourth-order valence-electron chi connectivity index (χ4n) is 12.7. The van der Waals surface area contributed by atoms with E-state index in [0.717, 1.165) is 12.7 Å². The van der Waals surface area contributed by atoms with Gasteiger partial charge in [-0.15, -0.1) is 0 Å². The zero-order chi connectivity index (χ0) is 49.9. The first kappa shape index (κ1) is 51.5. The van der Waals surface area contributed by atoms with E-state index in [0.29, 0.717) is 18.3 Å². The minimum absolute atomic E-state index is 0.0182. The van der Waals surface area contributed by atoms with Crippen LogP contribution < -0.4 is 5.32 Å². The molecule has 3 heterocycles. The van der Waals surface area contributed by atoms with Crippen LogP contribution in [0.15, 0.2) is 58.4 Å². The summed E-state index contributed by atoms with van der Waals surface area (Å²) >= 11 is 0. The number of aldehydes is 1. The Morgan fingerprint density at radius 2 is 1.65 bits per heavy atom. The van der Waals surface area contributed by atoms with Gasteiger partial charge < -0.3 is 64.2 Å². The molecule has 68 heavy (non-hydrogen) atoms. The molecule has 1 spiro atoms. The van der Waals surface area contributed by atoms with E-state index in [1.165, 1.54) is 19.9 Å². The third kappa shape index (κ3) is 9.02. The first-order valence-electron chi connectivity index (χ1n) is 23.5. The van der Waals surface area contributed by atoms with Crippen LogP contribution in [0.3, 0.4) is 0 Å². The van der Waals surface area contributed by atoms with Gasteiger partial charge in [-0.3, -0.25) is 19.6 Å². The molecule has 4 aliphatic carbocycles. The summed E-state index contributed by atoms with van der Waals surface area (Å²) < 4.78 is 42.1. The highest BCUT2D eigenvalue weighted by Gasteiger charge is 2.64. The number of fused-ring (bicyclic) bond motifs is 4. The van der Waals surface area contributed by atoms with E-state index in [9.17, 15) is 44.9 Å².